The van der Waals surface area contributed by atoms with Gasteiger partial charge in [-0.15, -0.1) is 0 Å². The molecule has 6 heteroatoms. The quantitative estimate of drug-likeness (QED) is 0.940. The molecule has 0 aliphatic carbocycles. The van der Waals surface area contributed by atoms with Crippen LogP contribution in [0.2, 0.25) is 0 Å². The highest BCUT2D eigenvalue weighted by Gasteiger charge is 2.31. The number of fused-ring (bicyclic) bond motifs is 1. The molecule has 3 nitrogen and oxygen atoms in total. The zero-order valence-electron chi connectivity index (χ0n) is 11.0. The molecule has 0 bridgehead atoms. The van der Waals surface area contributed by atoms with Gasteiger partial charge in [-0.05, 0) is 23.8 Å². The van der Waals surface area contributed by atoms with Gasteiger partial charge in [0.15, 0.2) is 0 Å². The minimum absolute atomic E-state index is 0.0984. The van der Waals surface area contributed by atoms with E-state index in [-0.39, 0.29) is 11.9 Å². The normalized spacial score (nSPS) is 17.2. The smallest absolute Gasteiger partial charge is 0.416 e. The summed E-state index contributed by atoms with van der Waals surface area (Å²) in [6, 6.07) is 9.65. The number of ether oxygens (including phenoxy) is 1. The number of pyridine rings is 1. The van der Waals surface area contributed by atoms with Crippen LogP contribution in [0.1, 0.15) is 11.1 Å². The Hall–Kier alpha value is -2.24. The Morgan fingerprint density at radius 3 is 2.81 bits per heavy atom. The molecule has 0 amide bonds. The highest BCUT2D eigenvalue weighted by atomic mass is 19.4. The van der Waals surface area contributed by atoms with E-state index in [0.29, 0.717) is 6.54 Å². The molecule has 0 saturated carbocycles. The molecule has 21 heavy (non-hydrogen) atoms. The number of nitrogens with zero attached hydrogens (tertiary/aromatic N) is 1. The molecular formula is C15H13F3N2O. The van der Waals surface area contributed by atoms with Crippen molar-refractivity contribution in [2.75, 3.05) is 11.9 Å². The number of benzene rings is 1. The summed E-state index contributed by atoms with van der Waals surface area (Å²) < 4.78 is 43.5. The van der Waals surface area contributed by atoms with Crippen LogP contribution < -0.4 is 10.1 Å². The second-order valence-electron chi connectivity index (χ2n) is 4.86. The Bertz CT molecular complexity index is 618. The van der Waals surface area contributed by atoms with Crippen molar-refractivity contribution in [3.63, 3.8) is 0 Å². The van der Waals surface area contributed by atoms with Gasteiger partial charge in [0.05, 0.1) is 12.1 Å². The summed E-state index contributed by atoms with van der Waals surface area (Å²) in [5, 5.41) is 2.90. The molecule has 0 saturated heterocycles. The van der Waals surface area contributed by atoms with Gasteiger partial charge in [-0.2, -0.15) is 13.2 Å². The minimum Gasteiger partial charge on any atom is -0.488 e. The van der Waals surface area contributed by atoms with Crippen molar-refractivity contribution < 1.29 is 17.9 Å². The third kappa shape index (κ3) is 3.09. The first-order valence-corrected chi connectivity index (χ1v) is 6.54. The number of para-hydroxylation sites is 1. The third-order valence-corrected chi connectivity index (χ3v) is 3.31. The highest BCUT2D eigenvalue weighted by molar-refractivity contribution is 5.41. The van der Waals surface area contributed by atoms with E-state index in [1.54, 1.807) is 0 Å². The van der Waals surface area contributed by atoms with Crippen LogP contribution in [-0.4, -0.2) is 17.6 Å². The van der Waals surface area contributed by atoms with E-state index in [0.717, 1.165) is 36.1 Å². The van der Waals surface area contributed by atoms with E-state index in [9.17, 15) is 13.2 Å². The molecule has 1 N–H and O–H groups in total. The molecule has 1 aromatic carbocycles. The van der Waals surface area contributed by atoms with Gasteiger partial charge in [0.1, 0.15) is 17.7 Å². The Morgan fingerprint density at radius 1 is 1.24 bits per heavy atom. The van der Waals surface area contributed by atoms with E-state index >= 15 is 0 Å². The average molecular weight is 294 g/mol. The Balaban J connectivity index is 1.62. The minimum atomic E-state index is -4.36. The number of rotatable bonds is 3. The third-order valence-electron chi connectivity index (χ3n) is 3.31. The van der Waals surface area contributed by atoms with Crippen LogP contribution in [0.15, 0.2) is 42.6 Å². The van der Waals surface area contributed by atoms with Gasteiger partial charge < -0.3 is 10.1 Å². The maximum Gasteiger partial charge on any atom is 0.416 e. The van der Waals surface area contributed by atoms with Gasteiger partial charge >= 0.3 is 6.18 Å². The molecule has 1 aliphatic heterocycles. The maximum atomic E-state index is 12.6. The van der Waals surface area contributed by atoms with Gasteiger partial charge in [0.2, 0.25) is 0 Å². The topological polar surface area (TPSA) is 34.2 Å². The Labute approximate surface area is 119 Å². The molecule has 1 aliphatic rings. The lowest BCUT2D eigenvalue weighted by molar-refractivity contribution is -0.137. The van der Waals surface area contributed by atoms with E-state index < -0.39 is 11.7 Å². The molecule has 1 unspecified atom stereocenters. The molecule has 110 valence electrons. The first kappa shape index (κ1) is 13.7. The Kier molecular flexibility index (Phi) is 3.45. The van der Waals surface area contributed by atoms with Crippen molar-refractivity contribution in [1.82, 2.24) is 4.98 Å². The number of hydrogen-bond acceptors (Lipinski definition) is 3. The standard InChI is InChI=1S/C15H13F3N2O/c16-15(17,18)11-5-6-19-14(8-11)20-9-12-7-10-3-1-2-4-13(10)21-12/h1-6,8,12H,7,9H2,(H,19,20). The van der Waals surface area contributed by atoms with Gasteiger partial charge in [-0.25, -0.2) is 4.98 Å². The van der Waals surface area contributed by atoms with Crippen LogP contribution >= 0.6 is 0 Å². The highest BCUT2D eigenvalue weighted by Crippen LogP contribution is 2.30. The fourth-order valence-corrected chi connectivity index (χ4v) is 2.29. The molecule has 0 fully saturated rings. The van der Waals surface area contributed by atoms with Crippen molar-refractivity contribution in [3.8, 4) is 5.75 Å². The maximum absolute atomic E-state index is 12.6. The van der Waals surface area contributed by atoms with Crippen molar-refractivity contribution in [2.45, 2.75) is 18.7 Å². The lowest BCUT2D eigenvalue weighted by atomic mass is 10.1. The summed E-state index contributed by atoms with van der Waals surface area (Å²) in [7, 11) is 0. The summed E-state index contributed by atoms with van der Waals surface area (Å²) in [6.07, 6.45) is -2.57. The van der Waals surface area contributed by atoms with Crippen LogP contribution in [0, 0.1) is 0 Å². The van der Waals surface area contributed by atoms with Gasteiger partial charge in [-0.3, -0.25) is 0 Å². The molecule has 0 spiro atoms. The van der Waals surface area contributed by atoms with Gasteiger partial charge in [-0.1, -0.05) is 18.2 Å². The average Bonchev–Trinajstić information content (AvgIpc) is 2.87. The molecule has 2 aromatic rings. The van der Waals surface area contributed by atoms with Crippen molar-refractivity contribution >= 4 is 5.82 Å². The van der Waals surface area contributed by atoms with Gasteiger partial charge in [0.25, 0.3) is 0 Å². The Morgan fingerprint density at radius 2 is 2.05 bits per heavy atom. The van der Waals surface area contributed by atoms with Crippen LogP contribution in [-0.2, 0) is 12.6 Å². The molecule has 2 heterocycles. The van der Waals surface area contributed by atoms with Crippen molar-refractivity contribution in [1.29, 1.82) is 0 Å². The summed E-state index contributed by atoms with van der Waals surface area (Å²) in [5.74, 6) is 1.03. The second kappa shape index (κ2) is 5.27. The predicted octanol–water partition coefficient (Wildman–Crippen LogP) is 3.52. The summed E-state index contributed by atoms with van der Waals surface area (Å²) in [6.45, 7) is 0.406. The molecule has 1 aromatic heterocycles. The molecule has 1 atom stereocenters. The fraction of sp³-hybridized carbons (Fsp3) is 0.267. The number of alkyl halides is 3. The number of aromatic nitrogens is 1. The summed E-state index contributed by atoms with van der Waals surface area (Å²) in [4.78, 5) is 3.90. The SMILES string of the molecule is FC(F)(F)c1ccnc(NCC2Cc3ccccc3O2)c1. The molecular weight excluding hydrogens is 281 g/mol. The number of anilines is 1. The van der Waals surface area contributed by atoms with Crippen LogP contribution in [0.5, 0.6) is 5.75 Å². The summed E-state index contributed by atoms with van der Waals surface area (Å²) >= 11 is 0. The van der Waals surface area contributed by atoms with E-state index in [1.807, 2.05) is 24.3 Å². The largest absolute Gasteiger partial charge is 0.488 e. The van der Waals surface area contributed by atoms with Crippen LogP contribution in [0.4, 0.5) is 19.0 Å². The van der Waals surface area contributed by atoms with Crippen molar-refractivity contribution in [3.05, 3.63) is 53.7 Å². The van der Waals surface area contributed by atoms with E-state index in [1.165, 1.54) is 0 Å². The first-order valence-electron chi connectivity index (χ1n) is 6.54. The second-order valence-corrected chi connectivity index (χ2v) is 4.86. The zero-order chi connectivity index (χ0) is 14.9. The first-order chi connectivity index (χ1) is 10.0. The lowest BCUT2D eigenvalue weighted by Crippen LogP contribution is -2.24. The summed E-state index contributed by atoms with van der Waals surface area (Å²) in [5.41, 5.74) is 0.400. The van der Waals surface area contributed by atoms with E-state index in [4.69, 9.17) is 4.74 Å². The number of nitrogens with one attached hydrogen (secondary N) is 1. The molecule has 0 radical (unpaired) electrons. The van der Waals surface area contributed by atoms with Crippen molar-refractivity contribution in [2.24, 2.45) is 0 Å². The van der Waals surface area contributed by atoms with Crippen LogP contribution in [0.25, 0.3) is 0 Å². The fourth-order valence-electron chi connectivity index (χ4n) is 2.29. The zero-order valence-corrected chi connectivity index (χ0v) is 11.0. The van der Waals surface area contributed by atoms with E-state index in [2.05, 4.69) is 10.3 Å². The molecule has 3 rings (SSSR count). The lowest BCUT2D eigenvalue weighted by Gasteiger charge is -2.13. The predicted molar refractivity (Wildman–Crippen MR) is 72.3 cm³/mol. The van der Waals surface area contributed by atoms with Crippen LogP contribution in [0.3, 0.4) is 0 Å². The van der Waals surface area contributed by atoms with Gasteiger partial charge in [0, 0.05) is 12.6 Å². The number of halogens is 3. The monoisotopic (exact) mass is 294 g/mol. The number of hydrogen-bond donors (Lipinski definition) is 1.